The van der Waals surface area contributed by atoms with E-state index in [1.54, 1.807) is 0 Å². The number of hydrogen-bond donors (Lipinski definition) is 0. The molecule has 0 aromatic heterocycles. The molecule has 0 N–H and O–H groups in total. The van der Waals surface area contributed by atoms with E-state index in [1.165, 1.54) is 14.2 Å². The fourth-order valence-corrected chi connectivity index (χ4v) is 2.28. The minimum Gasteiger partial charge on any atom is -0.457 e. The zero-order valence-corrected chi connectivity index (χ0v) is 8.00. The molecule has 0 aliphatic rings. The van der Waals surface area contributed by atoms with E-state index in [0.29, 0.717) is 0 Å². The molecule has 0 fully saturated rings. The molecule has 0 saturated carbocycles. The van der Waals surface area contributed by atoms with Crippen LogP contribution < -0.4 is 0 Å². The van der Waals surface area contributed by atoms with Crippen molar-refractivity contribution < 1.29 is 19.2 Å². The maximum absolute atomic E-state index is 10.4. The zero-order valence-electron chi connectivity index (χ0n) is 6.03. The van der Waals surface area contributed by atoms with Crippen LogP contribution in [0.2, 0.25) is 0 Å². The average molecular weight is 184 g/mol. The second-order valence-corrected chi connectivity index (χ2v) is 5.26. The van der Waals surface area contributed by atoms with Gasteiger partial charge < -0.3 is 10.8 Å². The highest BCUT2D eigenvalue weighted by molar-refractivity contribution is 7.86. The molecule has 0 aliphatic carbocycles. The Labute approximate surface area is 65.4 Å². The summed E-state index contributed by atoms with van der Waals surface area (Å²) in [6.45, 7) is 0. The van der Waals surface area contributed by atoms with Crippen LogP contribution in [0.15, 0.2) is 0 Å². The lowest BCUT2D eigenvalue weighted by Crippen LogP contribution is -2.26. The Kier molecular flexibility index (Phi) is 4.44. The third-order valence-electron chi connectivity index (χ3n) is 0.638. The first kappa shape index (κ1) is 10.4. The van der Waals surface area contributed by atoms with Crippen molar-refractivity contribution in [1.29, 1.82) is 0 Å². The molecule has 0 unspecified atom stereocenters. The minimum atomic E-state index is -3.44. The van der Waals surface area contributed by atoms with Crippen molar-refractivity contribution in [2.24, 2.45) is 0 Å². The van der Waals surface area contributed by atoms with Gasteiger partial charge in [-0.1, -0.05) is 0 Å². The fraction of sp³-hybridized carbons (Fsp3) is 1.00. The number of hydrogen-bond acceptors (Lipinski definition) is 5. The van der Waals surface area contributed by atoms with Crippen LogP contribution in [0.25, 0.3) is 0 Å². The summed E-state index contributed by atoms with van der Waals surface area (Å²) in [5.74, 6) is 0. The molecular formula is C3H9AlO5S. The topological polar surface area (TPSA) is 61.8 Å². The first-order chi connectivity index (χ1) is 4.49. The molecule has 0 rings (SSSR count). The molecule has 0 aromatic carbocycles. The van der Waals surface area contributed by atoms with Crippen molar-refractivity contribution in [3.8, 4) is 0 Å². The van der Waals surface area contributed by atoms with Crippen molar-refractivity contribution >= 4 is 25.3 Å². The fourth-order valence-electron chi connectivity index (χ4n) is 0.318. The molecule has 5 nitrogen and oxygen atoms in total. The second-order valence-electron chi connectivity index (χ2n) is 1.56. The van der Waals surface area contributed by atoms with Crippen LogP contribution in [0, 0.1) is 0 Å². The molecule has 7 heteroatoms. The quantitative estimate of drug-likeness (QED) is 0.537. The van der Waals surface area contributed by atoms with Gasteiger partial charge in [0.1, 0.15) is 0 Å². The maximum Gasteiger partial charge on any atom is 0.920 e. The normalized spacial score (nSPS) is 11.5. The summed E-state index contributed by atoms with van der Waals surface area (Å²) in [6, 6.07) is 0. The monoisotopic (exact) mass is 184 g/mol. The summed E-state index contributed by atoms with van der Waals surface area (Å²) in [5.41, 5.74) is 0. The minimum absolute atomic E-state index is 0.949. The van der Waals surface area contributed by atoms with E-state index in [2.05, 4.69) is 10.8 Å². The molecule has 0 radical (unpaired) electrons. The van der Waals surface area contributed by atoms with Crippen LogP contribution in [0.4, 0.5) is 0 Å². The third-order valence-corrected chi connectivity index (χ3v) is 3.43. The van der Waals surface area contributed by atoms with Gasteiger partial charge in [-0.15, -0.1) is 0 Å². The van der Waals surface area contributed by atoms with Gasteiger partial charge in [-0.25, -0.2) is 8.42 Å². The van der Waals surface area contributed by atoms with Gasteiger partial charge in [-0.05, 0) is 0 Å². The van der Waals surface area contributed by atoms with Crippen LogP contribution in [0.1, 0.15) is 0 Å². The summed E-state index contributed by atoms with van der Waals surface area (Å²) in [4.78, 5) is 0. The van der Waals surface area contributed by atoms with Gasteiger partial charge in [0.2, 0.25) is 10.1 Å². The summed E-state index contributed by atoms with van der Waals surface area (Å²) in [5, 5.41) is 0. The van der Waals surface area contributed by atoms with Crippen LogP contribution in [-0.2, 0) is 20.9 Å². The maximum atomic E-state index is 10.4. The Morgan fingerprint density at radius 3 is 1.70 bits per heavy atom. The smallest absolute Gasteiger partial charge is 0.457 e. The Bertz CT molecular complexity index is 171. The lowest BCUT2D eigenvalue weighted by Gasteiger charge is -2.03. The largest absolute Gasteiger partial charge is 0.920 e. The Balaban J connectivity index is 3.87. The van der Waals surface area contributed by atoms with Gasteiger partial charge in [-0.2, -0.15) is 0 Å². The van der Waals surface area contributed by atoms with E-state index in [1.807, 2.05) is 0 Å². The molecule has 10 heavy (non-hydrogen) atoms. The van der Waals surface area contributed by atoms with Gasteiger partial charge in [-0.3, -0.25) is 0 Å². The molecule has 60 valence electrons. The van der Waals surface area contributed by atoms with Crippen molar-refractivity contribution in [3.05, 3.63) is 0 Å². The molecule has 0 heterocycles. The third kappa shape index (κ3) is 5.17. The van der Waals surface area contributed by atoms with E-state index >= 15 is 0 Å². The molecule has 0 saturated heterocycles. The van der Waals surface area contributed by atoms with Gasteiger partial charge in [0.25, 0.3) is 0 Å². The highest BCUT2D eigenvalue weighted by Crippen LogP contribution is 1.93. The summed E-state index contributed by atoms with van der Waals surface area (Å²) >= 11 is -2.41. The number of rotatable bonds is 4. The molecule has 0 aliphatic heterocycles. The SMILES string of the molecule is C[O][Al]([O]C)[O]S(C)(=O)=O. The van der Waals surface area contributed by atoms with Crippen molar-refractivity contribution in [2.75, 3.05) is 20.5 Å². The molecule has 0 aromatic rings. The molecule has 0 amide bonds. The summed E-state index contributed by atoms with van der Waals surface area (Å²) in [6.07, 6.45) is 0.949. The van der Waals surface area contributed by atoms with Crippen LogP contribution in [0.3, 0.4) is 0 Å². The van der Waals surface area contributed by atoms with Gasteiger partial charge in [0.05, 0.1) is 6.26 Å². The van der Waals surface area contributed by atoms with E-state index in [9.17, 15) is 8.42 Å². The Morgan fingerprint density at radius 1 is 1.20 bits per heavy atom. The van der Waals surface area contributed by atoms with Crippen molar-refractivity contribution in [1.82, 2.24) is 0 Å². The lowest BCUT2D eigenvalue weighted by atomic mass is 11.8. The average Bonchev–Trinajstić information content (AvgIpc) is 1.81. The zero-order chi connectivity index (χ0) is 8.20. The summed E-state index contributed by atoms with van der Waals surface area (Å²) in [7, 11) is -0.758. The first-order valence-electron chi connectivity index (χ1n) is 2.43. The predicted octanol–water partition coefficient (Wildman–Crippen LogP) is -0.760. The molecule has 0 bridgehead atoms. The van der Waals surface area contributed by atoms with E-state index in [0.717, 1.165) is 6.26 Å². The standard InChI is InChI=1S/CH4O3S.2CH3O.Al/c1-5(2,3)4;2*1-2;/h1H3,(H,2,3,4);2*1H3;/q;2*-1;+3/p-1. The van der Waals surface area contributed by atoms with E-state index in [-0.39, 0.29) is 0 Å². The second kappa shape index (κ2) is 4.28. The lowest BCUT2D eigenvalue weighted by molar-refractivity contribution is 0.205. The molecular weight excluding hydrogens is 175 g/mol. The highest BCUT2D eigenvalue weighted by Gasteiger charge is 2.32. The van der Waals surface area contributed by atoms with Crippen molar-refractivity contribution in [2.45, 2.75) is 0 Å². The van der Waals surface area contributed by atoms with Crippen LogP contribution in [0.5, 0.6) is 0 Å². The van der Waals surface area contributed by atoms with Gasteiger partial charge >= 0.3 is 15.1 Å². The van der Waals surface area contributed by atoms with E-state index in [4.69, 9.17) is 0 Å². The van der Waals surface area contributed by atoms with E-state index < -0.39 is 25.3 Å². The predicted molar refractivity (Wildman–Crippen MR) is 35.7 cm³/mol. The van der Waals surface area contributed by atoms with Crippen LogP contribution >= 0.6 is 0 Å². The Hall–Kier alpha value is 0.362. The molecule has 0 atom stereocenters. The summed E-state index contributed by atoms with van der Waals surface area (Å²) < 4.78 is 34.4. The van der Waals surface area contributed by atoms with Crippen LogP contribution in [-0.4, -0.2) is 44.0 Å². The highest BCUT2D eigenvalue weighted by atomic mass is 32.2. The first-order valence-corrected chi connectivity index (χ1v) is 5.66. The van der Waals surface area contributed by atoms with Gasteiger partial charge in [0, 0.05) is 14.2 Å². The van der Waals surface area contributed by atoms with Crippen molar-refractivity contribution in [3.63, 3.8) is 0 Å². The van der Waals surface area contributed by atoms with Gasteiger partial charge in [0.15, 0.2) is 0 Å². The Morgan fingerprint density at radius 2 is 1.60 bits per heavy atom. The molecule has 0 spiro atoms.